The molecule has 1 N–H and O–H groups in total. The molecule has 1 fully saturated rings. The minimum absolute atomic E-state index is 0. The van der Waals surface area contributed by atoms with E-state index in [9.17, 15) is 8.42 Å². The van der Waals surface area contributed by atoms with Crippen molar-refractivity contribution in [2.45, 2.75) is 46.3 Å². The van der Waals surface area contributed by atoms with Crippen LogP contribution in [0, 0.1) is 6.92 Å². The summed E-state index contributed by atoms with van der Waals surface area (Å²) in [7, 11) is -1.50. The number of aliphatic imine (C=N–C) groups is 1. The Morgan fingerprint density at radius 1 is 1.27 bits per heavy atom. The van der Waals surface area contributed by atoms with Gasteiger partial charge in [0.25, 0.3) is 0 Å². The molecule has 1 aromatic rings. The van der Waals surface area contributed by atoms with E-state index in [4.69, 9.17) is 4.74 Å². The first-order chi connectivity index (χ1) is 13.8. The number of nitrogens with zero attached hydrogens (tertiary/aromatic N) is 5. The van der Waals surface area contributed by atoms with Crippen LogP contribution in [0.5, 0.6) is 0 Å². The topological polar surface area (TPSA) is 92.1 Å². The van der Waals surface area contributed by atoms with Crippen LogP contribution in [0.15, 0.2) is 17.4 Å². The van der Waals surface area contributed by atoms with Crippen LogP contribution < -0.4 is 5.32 Å². The van der Waals surface area contributed by atoms with Gasteiger partial charge in [-0.3, -0.25) is 4.99 Å². The minimum Gasteiger partial charge on any atom is -0.378 e. The van der Waals surface area contributed by atoms with Crippen molar-refractivity contribution in [2.75, 3.05) is 52.1 Å². The Hall–Kier alpha value is -0.920. The molecule has 11 heteroatoms. The lowest BCUT2D eigenvalue weighted by Crippen LogP contribution is -2.54. The highest BCUT2D eigenvalue weighted by molar-refractivity contribution is 14.0. The van der Waals surface area contributed by atoms with E-state index in [0.717, 1.165) is 37.7 Å². The molecule has 0 atom stereocenters. The summed E-state index contributed by atoms with van der Waals surface area (Å²) in [5.74, 6) is 1.91. The first-order valence-electron chi connectivity index (χ1n) is 10.4. The number of hydrogen-bond acceptors (Lipinski definition) is 5. The van der Waals surface area contributed by atoms with Gasteiger partial charge in [-0.1, -0.05) is 0 Å². The zero-order chi connectivity index (χ0) is 21.3. The number of ether oxygens (including phenoxy) is 1. The second kappa shape index (κ2) is 13.5. The fourth-order valence-electron chi connectivity index (χ4n) is 3.28. The average Bonchev–Trinajstić information content (AvgIpc) is 3.09. The highest BCUT2D eigenvalue weighted by Crippen LogP contribution is 2.09. The van der Waals surface area contributed by atoms with Crippen LogP contribution in [0.1, 0.15) is 32.5 Å². The number of guanidine groups is 1. The van der Waals surface area contributed by atoms with E-state index in [1.54, 1.807) is 11.4 Å². The Morgan fingerprint density at radius 3 is 2.53 bits per heavy atom. The maximum absolute atomic E-state index is 12.5. The molecular formula is C19H37IN6O3S. The molecule has 1 aromatic heterocycles. The van der Waals surface area contributed by atoms with Crippen LogP contribution in [0.3, 0.4) is 0 Å². The van der Waals surface area contributed by atoms with E-state index in [1.807, 2.05) is 33.2 Å². The Kier molecular flexibility index (Phi) is 12.2. The quantitative estimate of drug-likeness (QED) is 0.204. The van der Waals surface area contributed by atoms with Gasteiger partial charge in [0, 0.05) is 58.7 Å². The third kappa shape index (κ3) is 8.67. The number of halogens is 1. The first kappa shape index (κ1) is 27.1. The molecule has 0 amide bonds. The number of piperazine rings is 1. The summed E-state index contributed by atoms with van der Waals surface area (Å²) in [6, 6.07) is 0. The molecule has 0 aliphatic carbocycles. The van der Waals surface area contributed by atoms with Crippen molar-refractivity contribution in [1.29, 1.82) is 0 Å². The van der Waals surface area contributed by atoms with E-state index in [0.29, 0.717) is 26.2 Å². The van der Waals surface area contributed by atoms with Gasteiger partial charge in [0.15, 0.2) is 5.96 Å². The number of hydrogen-bond donors (Lipinski definition) is 1. The third-order valence-electron chi connectivity index (χ3n) is 4.97. The zero-order valence-electron chi connectivity index (χ0n) is 18.6. The van der Waals surface area contributed by atoms with E-state index in [-0.39, 0.29) is 42.4 Å². The summed E-state index contributed by atoms with van der Waals surface area (Å²) in [5.41, 5.74) is 0. The lowest BCUT2D eigenvalue weighted by Gasteiger charge is -2.35. The zero-order valence-corrected chi connectivity index (χ0v) is 21.7. The fraction of sp³-hybridized carbons (Fsp3) is 0.789. The Balaban J connectivity index is 0.00000450. The van der Waals surface area contributed by atoms with Gasteiger partial charge in [0.05, 0.1) is 18.5 Å². The molecule has 174 valence electrons. The van der Waals surface area contributed by atoms with Gasteiger partial charge < -0.3 is 19.5 Å². The van der Waals surface area contributed by atoms with Crippen molar-refractivity contribution in [3.8, 4) is 0 Å². The summed E-state index contributed by atoms with van der Waals surface area (Å²) >= 11 is 0. The van der Waals surface area contributed by atoms with Crippen molar-refractivity contribution in [3.63, 3.8) is 0 Å². The summed E-state index contributed by atoms with van der Waals surface area (Å²) in [5, 5.41) is 3.40. The molecule has 30 heavy (non-hydrogen) atoms. The lowest BCUT2D eigenvalue weighted by atomic mass is 10.3. The smallest absolute Gasteiger partial charge is 0.216 e. The minimum atomic E-state index is -3.27. The van der Waals surface area contributed by atoms with Crippen LogP contribution in [0.4, 0.5) is 0 Å². The molecule has 1 saturated heterocycles. The van der Waals surface area contributed by atoms with Crippen LogP contribution in [-0.2, 0) is 21.3 Å². The maximum Gasteiger partial charge on any atom is 0.216 e. The van der Waals surface area contributed by atoms with Crippen LogP contribution in [-0.4, -0.2) is 91.4 Å². The van der Waals surface area contributed by atoms with Crippen molar-refractivity contribution < 1.29 is 13.2 Å². The van der Waals surface area contributed by atoms with Gasteiger partial charge in [0.1, 0.15) is 5.82 Å². The van der Waals surface area contributed by atoms with Gasteiger partial charge >= 0.3 is 0 Å². The standard InChI is InChI=1S/C19H36N6O3S.HI/c1-17(2)28-15-16-29(26,27)25-13-11-24(12-14-25)19(20-4)22-7-5-6-9-23-10-8-21-18(23)3;/h8,10,17H,5-7,9,11-16H2,1-4H3,(H,20,22);1H. The molecule has 9 nitrogen and oxygen atoms in total. The summed E-state index contributed by atoms with van der Waals surface area (Å²) in [6.45, 7) is 10.1. The predicted molar refractivity (Wildman–Crippen MR) is 131 cm³/mol. The van der Waals surface area contributed by atoms with Gasteiger partial charge in [-0.15, -0.1) is 24.0 Å². The van der Waals surface area contributed by atoms with E-state index >= 15 is 0 Å². The molecule has 0 saturated carbocycles. The molecule has 1 aliphatic rings. The second-order valence-corrected chi connectivity index (χ2v) is 9.56. The molecule has 0 aromatic carbocycles. The Bertz CT molecular complexity index is 745. The summed E-state index contributed by atoms with van der Waals surface area (Å²) in [4.78, 5) is 10.7. The van der Waals surface area contributed by atoms with E-state index < -0.39 is 10.0 Å². The van der Waals surface area contributed by atoms with Gasteiger partial charge in [-0.25, -0.2) is 13.4 Å². The molecule has 0 unspecified atom stereocenters. The lowest BCUT2D eigenvalue weighted by molar-refractivity contribution is 0.0904. The number of rotatable bonds is 10. The molecule has 0 radical (unpaired) electrons. The monoisotopic (exact) mass is 556 g/mol. The summed E-state index contributed by atoms with van der Waals surface area (Å²) in [6.07, 6.45) is 5.96. The van der Waals surface area contributed by atoms with Crippen molar-refractivity contribution in [3.05, 3.63) is 18.2 Å². The van der Waals surface area contributed by atoms with Crippen molar-refractivity contribution >= 4 is 40.0 Å². The molecule has 0 bridgehead atoms. The SMILES string of the molecule is CN=C(NCCCCn1ccnc1C)N1CCN(S(=O)(=O)CCOC(C)C)CC1.I. The second-order valence-electron chi connectivity index (χ2n) is 7.47. The average molecular weight is 557 g/mol. The van der Waals surface area contributed by atoms with Crippen molar-refractivity contribution in [2.24, 2.45) is 4.99 Å². The van der Waals surface area contributed by atoms with Crippen molar-refractivity contribution in [1.82, 2.24) is 24.1 Å². The number of imidazole rings is 1. The highest BCUT2D eigenvalue weighted by atomic mass is 127. The number of aryl methyl sites for hydroxylation is 2. The molecule has 1 aliphatic heterocycles. The van der Waals surface area contributed by atoms with E-state index in [1.165, 1.54) is 0 Å². The number of sulfonamides is 1. The largest absolute Gasteiger partial charge is 0.378 e. The van der Waals surface area contributed by atoms with E-state index in [2.05, 4.69) is 24.8 Å². The Morgan fingerprint density at radius 2 is 1.97 bits per heavy atom. The molecule has 0 spiro atoms. The highest BCUT2D eigenvalue weighted by Gasteiger charge is 2.27. The predicted octanol–water partition coefficient (Wildman–Crippen LogP) is 1.54. The van der Waals surface area contributed by atoms with Crippen LogP contribution in [0.2, 0.25) is 0 Å². The third-order valence-corrected chi connectivity index (χ3v) is 6.80. The number of unbranched alkanes of at least 4 members (excludes halogenated alkanes) is 1. The fourth-order valence-corrected chi connectivity index (χ4v) is 4.56. The number of nitrogens with one attached hydrogen (secondary N) is 1. The number of aromatic nitrogens is 2. The molecule has 2 rings (SSSR count). The van der Waals surface area contributed by atoms with Crippen LogP contribution in [0.25, 0.3) is 0 Å². The first-order valence-corrected chi connectivity index (χ1v) is 12.0. The summed E-state index contributed by atoms with van der Waals surface area (Å²) < 4.78 is 34.0. The van der Waals surface area contributed by atoms with Gasteiger partial charge in [-0.2, -0.15) is 4.31 Å². The van der Waals surface area contributed by atoms with Gasteiger partial charge in [-0.05, 0) is 33.6 Å². The normalized spacial score (nSPS) is 16.0. The van der Waals surface area contributed by atoms with Crippen LogP contribution >= 0.6 is 24.0 Å². The Labute approximate surface area is 198 Å². The molecular weight excluding hydrogens is 519 g/mol. The maximum atomic E-state index is 12.5. The van der Waals surface area contributed by atoms with Gasteiger partial charge in [0.2, 0.25) is 10.0 Å². The molecule has 2 heterocycles.